The van der Waals surface area contributed by atoms with Crippen LogP contribution in [-0.2, 0) is 49.7 Å². The zero-order chi connectivity index (χ0) is 63.5. The monoisotopic (exact) mass is 1250 g/mol. The van der Waals surface area contributed by atoms with E-state index in [2.05, 4.69) is 67.5 Å². The number of carbonyl (C=O) groups is 7. The van der Waals surface area contributed by atoms with Crippen LogP contribution in [0.15, 0.2) is 77.9 Å². The Bertz CT molecular complexity index is 3210. The topological polar surface area (TPSA) is 467 Å². The van der Waals surface area contributed by atoms with Gasteiger partial charge >= 0.3 is 0 Å². The zero-order valence-corrected chi connectivity index (χ0v) is 50.9. The number of hydrogen-bond acceptors (Lipinski definition) is 22. The number of carbonyl (C=O) groups excluding carboxylic acids is 7. The average molecular weight is 1250 g/mol. The first-order valence-electron chi connectivity index (χ1n) is 29.0. The number of aliphatic hydroxyl groups excluding tert-OH is 1. The SMILES string of the molecule is Cc1c(N)nc([C@H](CC(N)=O)NC[C@H](N)C(N)=O)nc1C(=O)N[C@@H](Cc1cnc[nH]1)C(=O)N[C@H](Cc1ccccc1)[C@@H](O)[C@H](C)C(=O)N[C@@H](Cc1ccc(O)cc1)C(=O)NCCc1nc(-c2nc(C(=O)NCCCNCCCCNCCCN)cs2)cs1. The Morgan fingerprint density at radius 3 is 2.09 bits per heavy atom. The Labute approximate surface area is 517 Å². The van der Waals surface area contributed by atoms with Crippen molar-refractivity contribution in [1.29, 1.82) is 0 Å². The molecule has 0 fully saturated rings. The molecule has 21 N–H and O–H groups in total. The summed E-state index contributed by atoms with van der Waals surface area (Å²) in [6, 6.07) is 9.06. The fourth-order valence-electron chi connectivity index (χ4n) is 9.02. The van der Waals surface area contributed by atoms with Gasteiger partial charge in [0.25, 0.3) is 11.8 Å². The van der Waals surface area contributed by atoms with Crippen LogP contribution in [0.25, 0.3) is 10.7 Å². The number of amides is 7. The number of aliphatic hydroxyl groups is 1. The van der Waals surface area contributed by atoms with Gasteiger partial charge in [-0.25, -0.2) is 24.9 Å². The van der Waals surface area contributed by atoms with Crippen molar-refractivity contribution in [2.24, 2.45) is 28.9 Å². The highest BCUT2D eigenvalue weighted by molar-refractivity contribution is 7.14. The molecule has 88 heavy (non-hydrogen) atoms. The largest absolute Gasteiger partial charge is 0.508 e. The van der Waals surface area contributed by atoms with Gasteiger partial charge in [0.1, 0.15) is 51.6 Å². The third kappa shape index (κ3) is 22.1. The number of H-pyrrole nitrogens is 1. The number of imidazole rings is 1. The first-order valence-corrected chi connectivity index (χ1v) is 30.7. The molecule has 0 aliphatic carbocycles. The Balaban J connectivity index is 1.10. The molecule has 0 saturated carbocycles. The number of nitrogens with one attached hydrogen (secondary N) is 9. The van der Waals surface area contributed by atoms with Gasteiger partial charge in [-0.2, -0.15) is 0 Å². The van der Waals surface area contributed by atoms with E-state index in [0.717, 1.165) is 51.9 Å². The number of unbranched alkanes of at least 4 members (excludes halogenated alkanes) is 1. The van der Waals surface area contributed by atoms with Crippen LogP contribution < -0.4 is 71.2 Å². The molecule has 0 saturated heterocycles. The normalized spacial score (nSPS) is 13.7. The number of hydrogen-bond donors (Lipinski definition) is 16. The first kappa shape index (κ1) is 68.7. The van der Waals surface area contributed by atoms with Crippen molar-refractivity contribution >= 4 is 69.8 Å². The van der Waals surface area contributed by atoms with Gasteiger partial charge < -0.3 is 86.4 Å². The molecule has 30 heteroatoms. The van der Waals surface area contributed by atoms with E-state index in [1.165, 1.54) is 61.2 Å². The van der Waals surface area contributed by atoms with Crippen LogP contribution in [0, 0.1) is 12.8 Å². The summed E-state index contributed by atoms with van der Waals surface area (Å²) in [5.74, 6) is -6.35. The molecule has 0 radical (unpaired) electrons. The molecule has 0 spiro atoms. The Kier molecular flexibility index (Phi) is 27.7. The molecule has 4 aromatic heterocycles. The van der Waals surface area contributed by atoms with Crippen LogP contribution in [0.2, 0.25) is 0 Å². The number of aromatic amines is 1. The minimum atomic E-state index is -1.59. The van der Waals surface area contributed by atoms with Crippen molar-refractivity contribution in [2.75, 3.05) is 58.1 Å². The molecule has 0 aliphatic rings. The molecule has 7 atom stereocenters. The minimum absolute atomic E-state index is 0.000742. The summed E-state index contributed by atoms with van der Waals surface area (Å²) in [5, 5.41) is 50.8. The van der Waals surface area contributed by atoms with Gasteiger partial charge in [0.05, 0.1) is 41.5 Å². The van der Waals surface area contributed by atoms with E-state index < -0.39 is 77.7 Å². The number of rotatable bonds is 39. The number of nitrogens with zero attached hydrogens (tertiary/aromatic N) is 5. The molecule has 0 bridgehead atoms. The van der Waals surface area contributed by atoms with Gasteiger partial charge in [-0.1, -0.05) is 49.4 Å². The summed E-state index contributed by atoms with van der Waals surface area (Å²) in [7, 11) is 0. The lowest BCUT2D eigenvalue weighted by atomic mass is 9.91. The third-order valence-corrected chi connectivity index (χ3v) is 15.9. The fourth-order valence-corrected chi connectivity index (χ4v) is 10.6. The number of thiazole rings is 2. The maximum Gasteiger partial charge on any atom is 0.271 e. The summed E-state index contributed by atoms with van der Waals surface area (Å²) in [5.41, 5.74) is 30.9. The van der Waals surface area contributed by atoms with Crippen molar-refractivity contribution in [3.05, 3.63) is 122 Å². The molecular weight excluding hydrogens is 1170 g/mol. The van der Waals surface area contributed by atoms with Crippen molar-refractivity contribution in [1.82, 2.24) is 72.4 Å². The number of phenols is 1. The lowest BCUT2D eigenvalue weighted by Crippen LogP contribution is -2.57. The van der Waals surface area contributed by atoms with Gasteiger partial charge in [-0.15, -0.1) is 22.7 Å². The van der Waals surface area contributed by atoms with Crippen molar-refractivity contribution in [3.63, 3.8) is 0 Å². The molecule has 0 aliphatic heterocycles. The number of aromatic hydroxyl groups is 1. The zero-order valence-electron chi connectivity index (χ0n) is 49.3. The second-order valence-electron chi connectivity index (χ2n) is 21.1. The van der Waals surface area contributed by atoms with Crippen molar-refractivity contribution in [3.8, 4) is 16.5 Å². The molecule has 7 amide bonds. The highest BCUT2D eigenvalue weighted by atomic mass is 32.1. The van der Waals surface area contributed by atoms with Crippen LogP contribution in [0.5, 0.6) is 5.75 Å². The van der Waals surface area contributed by atoms with Gasteiger partial charge in [0.2, 0.25) is 29.5 Å². The van der Waals surface area contributed by atoms with E-state index in [-0.39, 0.29) is 73.3 Å². The van der Waals surface area contributed by atoms with Crippen LogP contribution >= 0.6 is 22.7 Å². The van der Waals surface area contributed by atoms with E-state index in [0.29, 0.717) is 57.7 Å². The molecule has 0 unspecified atom stereocenters. The number of anilines is 1. The highest BCUT2D eigenvalue weighted by Gasteiger charge is 2.36. The van der Waals surface area contributed by atoms with E-state index in [9.17, 15) is 43.8 Å². The lowest BCUT2D eigenvalue weighted by Gasteiger charge is -2.31. The van der Waals surface area contributed by atoms with E-state index in [1.54, 1.807) is 47.8 Å². The summed E-state index contributed by atoms with van der Waals surface area (Å²) in [4.78, 5) is 119. The number of nitrogens with two attached hydrogens (primary N) is 5. The standard InChI is InChI=1S/C58H81N19O9S2/c1-33-48(76-52(77-50(33)62)41(27-46(61)79)69-29-39(60)51(63)81)57(86)74-43(26-37-28-66-32-70-37)56(85)72-40(24-35-10-4-3-5-11-35)49(80)34(2)53(82)73-42(25-36-12-14-38(78)15-13-36)54(83)68-23-16-47-71-45(31-87-47)58-75-44(30-88-58)55(84)67-22-9-21-65-19-7-6-18-64-20-8-17-59/h3-5,10-15,28,30-32,34,39-43,49,64-65,69,78,80H,6-9,16-27,29,59-60H2,1-2H3,(H2,61,79)(H2,63,81)(H,66,70)(H,67,84)(H,68,83)(H,72,85)(H,73,82)(H,74,86)(H2,62,76,77)/t34-,39-,40+,41-,42-,43-,49-/m0/s1. The quantitative estimate of drug-likeness (QED) is 0.0212. The van der Waals surface area contributed by atoms with Crippen molar-refractivity contribution < 1.29 is 43.8 Å². The molecule has 6 rings (SSSR count). The van der Waals surface area contributed by atoms with Crippen LogP contribution in [0.4, 0.5) is 5.82 Å². The molecular formula is C58H81N19O9S2. The maximum atomic E-state index is 14.6. The molecule has 28 nitrogen and oxygen atoms in total. The summed E-state index contributed by atoms with van der Waals surface area (Å²) >= 11 is 2.66. The number of primary amides is 2. The second-order valence-corrected chi connectivity index (χ2v) is 22.9. The Morgan fingerprint density at radius 2 is 1.41 bits per heavy atom. The van der Waals surface area contributed by atoms with Crippen LogP contribution in [0.3, 0.4) is 0 Å². The van der Waals surface area contributed by atoms with Gasteiger partial charge in [0.15, 0.2) is 0 Å². The van der Waals surface area contributed by atoms with E-state index in [1.807, 2.05) is 5.38 Å². The molecule has 6 aromatic rings. The number of benzene rings is 2. The Hall–Kier alpha value is -8.36. The number of phenolic OH excluding ortho intramolecular Hbond substituents is 1. The fraction of sp³-hybridized carbons (Fsp3) is 0.448. The highest BCUT2D eigenvalue weighted by Crippen LogP contribution is 2.26. The molecule has 2 aromatic carbocycles. The Morgan fingerprint density at radius 1 is 0.716 bits per heavy atom. The van der Waals surface area contributed by atoms with Crippen molar-refractivity contribution in [2.45, 2.75) is 108 Å². The average Bonchev–Trinajstić information content (AvgIpc) is 2.40. The minimum Gasteiger partial charge on any atom is -0.508 e. The maximum absolute atomic E-state index is 14.6. The van der Waals surface area contributed by atoms with Crippen LogP contribution in [-0.4, -0.2) is 164 Å². The number of nitrogen functional groups attached to an aromatic ring is 1. The smallest absolute Gasteiger partial charge is 0.271 e. The predicted molar refractivity (Wildman–Crippen MR) is 333 cm³/mol. The third-order valence-electron chi connectivity index (χ3n) is 14.1. The lowest BCUT2D eigenvalue weighted by molar-refractivity contribution is -0.134. The predicted octanol–water partition coefficient (Wildman–Crippen LogP) is -0.725. The summed E-state index contributed by atoms with van der Waals surface area (Å²) < 4.78 is 0. The van der Waals surface area contributed by atoms with Gasteiger partial charge in [-0.05, 0) is 95.0 Å². The summed E-state index contributed by atoms with van der Waals surface area (Å²) in [6.07, 6.45) is 4.92. The summed E-state index contributed by atoms with van der Waals surface area (Å²) in [6.45, 7) is 7.63. The number of aromatic nitrogens is 6. The van der Waals surface area contributed by atoms with Gasteiger partial charge in [0, 0.05) is 73.5 Å². The van der Waals surface area contributed by atoms with Gasteiger partial charge in [-0.3, -0.25) is 33.6 Å². The molecule has 4 heterocycles. The molecule has 474 valence electrons. The van der Waals surface area contributed by atoms with E-state index >= 15 is 0 Å². The van der Waals surface area contributed by atoms with Crippen LogP contribution in [0.1, 0.15) is 99.3 Å². The van der Waals surface area contributed by atoms with E-state index in [4.69, 9.17) is 33.7 Å². The second kappa shape index (κ2) is 35.4. The first-order chi connectivity index (χ1) is 42.3.